The topological polar surface area (TPSA) is 50.1 Å². The molecule has 5 heteroatoms. The lowest BCUT2D eigenvalue weighted by Gasteiger charge is -2.21. The molecule has 2 aromatic carbocycles. The molecule has 0 amide bonds. The monoisotopic (exact) mass is 341 g/mol. The molecule has 2 unspecified atom stereocenters. The zero-order chi connectivity index (χ0) is 16.9. The van der Waals surface area contributed by atoms with E-state index in [1.807, 2.05) is 55.8 Å². The van der Waals surface area contributed by atoms with Crippen LogP contribution in [0.3, 0.4) is 0 Å². The maximum Gasteiger partial charge on any atom is 0.0929 e. The molecule has 1 heterocycles. The predicted molar refractivity (Wildman–Crippen MR) is 95.9 cm³/mol. The number of rotatable bonds is 6. The van der Waals surface area contributed by atoms with Crippen molar-refractivity contribution < 1.29 is 5.11 Å². The fourth-order valence-corrected chi connectivity index (χ4v) is 3.01. The zero-order valence-electron chi connectivity index (χ0n) is 13.4. The Morgan fingerprint density at radius 3 is 2.46 bits per heavy atom. The normalized spacial score (nSPS) is 13.6. The van der Waals surface area contributed by atoms with Crippen LogP contribution in [0.1, 0.15) is 28.8 Å². The molecule has 2 atom stereocenters. The van der Waals surface area contributed by atoms with E-state index >= 15 is 0 Å². The average molecular weight is 342 g/mol. The molecule has 0 aliphatic heterocycles. The summed E-state index contributed by atoms with van der Waals surface area (Å²) in [6.07, 6.45) is 3.14. The number of aromatic nitrogens is 2. The highest BCUT2D eigenvalue weighted by molar-refractivity contribution is 6.31. The van der Waals surface area contributed by atoms with Crippen LogP contribution in [-0.4, -0.2) is 21.4 Å². The minimum Gasteiger partial charge on any atom is -0.387 e. The van der Waals surface area contributed by atoms with Crippen LogP contribution in [0.15, 0.2) is 67.0 Å². The highest BCUT2D eigenvalue weighted by Crippen LogP contribution is 2.25. The second kappa shape index (κ2) is 7.62. The van der Waals surface area contributed by atoms with Crippen molar-refractivity contribution in [3.8, 4) is 0 Å². The molecule has 0 saturated heterocycles. The Hall–Kier alpha value is -2.14. The number of benzene rings is 2. The number of aliphatic hydroxyl groups is 1. The Kier molecular flexibility index (Phi) is 5.30. The lowest BCUT2D eigenvalue weighted by molar-refractivity contribution is 0.172. The second-order valence-electron chi connectivity index (χ2n) is 5.74. The van der Waals surface area contributed by atoms with Crippen molar-refractivity contribution in [1.82, 2.24) is 15.1 Å². The largest absolute Gasteiger partial charge is 0.387 e. The van der Waals surface area contributed by atoms with Gasteiger partial charge in [0.2, 0.25) is 0 Å². The van der Waals surface area contributed by atoms with Gasteiger partial charge in [-0.1, -0.05) is 60.1 Å². The molecular formula is C19H20ClN3O. The van der Waals surface area contributed by atoms with Crippen molar-refractivity contribution in [2.45, 2.75) is 12.1 Å². The van der Waals surface area contributed by atoms with Gasteiger partial charge in [0.25, 0.3) is 0 Å². The SMILES string of the molecule is Cn1cc(C(NCC(O)c2ccccc2Cl)c2ccccc2)cn1. The van der Waals surface area contributed by atoms with Gasteiger partial charge in [0, 0.05) is 35.9 Å². The number of aryl methyl sites for hydroxylation is 1. The number of halogens is 1. The molecule has 0 aliphatic carbocycles. The van der Waals surface area contributed by atoms with Gasteiger partial charge in [0.15, 0.2) is 0 Å². The first kappa shape index (κ1) is 16.7. The van der Waals surface area contributed by atoms with Crippen LogP contribution in [0.2, 0.25) is 5.02 Å². The van der Waals surface area contributed by atoms with E-state index in [0.717, 1.165) is 16.7 Å². The van der Waals surface area contributed by atoms with Gasteiger partial charge in [-0.25, -0.2) is 0 Å². The fourth-order valence-electron chi connectivity index (χ4n) is 2.75. The zero-order valence-corrected chi connectivity index (χ0v) is 14.2. The molecule has 124 valence electrons. The molecule has 0 fully saturated rings. The lowest BCUT2D eigenvalue weighted by Crippen LogP contribution is -2.27. The Balaban J connectivity index is 1.79. The van der Waals surface area contributed by atoms with E-state index in [9.17, 15) is 5.11 Å². The second-order valence-corrected chi connectivity index (χ2v) is 6.14. The van der Waals surface area contributed by atoms with Gasteiger partial charge >= 0.3 is 0 Å². The van der Waals surface area contributed by atoms with Crippen molar-refractivity contribution in [2.24, 2.45) is 7.05 Å². The minimum absolute atomic E-state index is 0.0444. The number of nitrogens with one attached hydrogen (secondary N) is 1. The highest BCUT2D eigenvalue weighted by Gasteiger charge is 2.18. The van der Waals surface area contributed by atoms with Crippen LogP contribution in [-0.2, 0) is 7.05 Å². The van der Waals surface area contributed by atoms with Crippen molar-refractivity contribution in [1.29, 1.82) is 0 Å². The van der Waals surface area contributed by atoms with Gasteiger partial charge < -0.3 is 10.4 Å². The Morgan fingerprint density at radius 2 is 1.79 bits per heavy atom. The van der Waals surface area contributed by atoms with Crippen LogP contribution >= 0.6 is 11.6 Å². The van der Waals surface area contributed by atoms with Crippen molar-refractivity contribution >= 4 is 11.6 Å². The summed E-state index contributed by atoms with van der Waals surface area (Å²) in [6, 6.07) is 17.4. The van der Waals surface area contributed by atoms with Gasteiger partial charge in [0.05, 0.1) is 18.3 Å². The van der Waals surface area contributed by atoms with E-state index in [1.165, 1.54) is 0 Å². The van der Waals surface area contributed by atoms with Gasteiger partial charge in [-0.05, 0) is 11.6 Å². The minimum atomic E-state index is -0.679. The molecule has 1 aromatic heterocycles. The third-order valence-corrected chi connectivity index (χ3v) is 4.31. The molecule has 3 rings (SSSR count). The van der Waals surface area contributed by atoms with Crippen LogP contribution in [0.4, 0.5) is 0 Å². The average Bonchev–Trinajstić information content (AvgIpc) is 3.02. The van der Waals surface area contributed by atoms with E-state index in [-0.39, 0.29) is 6.04 Å². The summed E-state index contributed by atoms with van der Waals surface area (Å²) in [5, 5.41) is 18.7. The van der Waals surface area contributed by atoms with E-state index in [0.29, 0.717) is 11.6 Å². The molecule has 0 spiro atoms. The van der Waals surface area contributed by atoms with Crippen molar-refractivity contribution in [3.05, 3.63) is 88.7 Å². The number of nitrogens with zero attached hydrogens (tertiary/aromatic N) is 2. The summed E-state index contributed by atoms with van der Waals surface area (Å²) in [4.78, 5) is 0. The maximum atomic E-state index is 10.5. The first-order chi connectivity index (χ1) is 11.6. The molecule has 0 bridgehead atoms. The molecule has 2 N–H and O–H groups in total. The molecule has 0 aliphatic rings. The molecular weight excluding hydrogens is 322 g/mol. The number of hydrogen-bond acceptors (Lipinski definition) is 3. The summed E-state index contributed by atoms with van der Waals surface area (Å²) in [5.74, 6) is 0. The lowest BCUT2D eigenvalue weighted by atomic mass is 10.0. The summed E-state index contributed by atoms with van der Waals surface area (Å²) in [7, 11) is 1.89. The van der Waals surface area contributed by atoms with Crippen molar-refractivity contribution in [2.75, 3.05) is 6.54 Å². The first-order valence-electron chi connectivity index (χ1n) is 7.84. The van der Waals surface area contributed by atoms with Gasteiger partial charge in [-0.2, -0.15) is 5.10 Å². The summed E-state index contributed by atoms with van der Waals surface area (Å²) < 4.78 is 1.78. The summed E-state index contributed by atoms with van der Waals surface area (Å²) >= 11 is 6.17. The maximum absolute atomic E-state index is 10.5. The van der Waals surface area contributed by atoms with E-state index < -0.39 is 6.10 Å². The first-order valence-corrected chi connectivity index (χ1v) is 8.22. The summed E-state index contributed by atoms with van der Waals surface area (Å²) in [5.41, 5.74) is 2.90. The highest BCUT2D eigenvalue weighted by atomic mass is 35.5. The van der Waals surface area contributed by atoms with E-state index in [1.54, 1.807) is 10.7 Å². The fraction of sp³-hybridized carbons (Fsp3) is 0.211. The Bertz CT molecular complexity index is 788. The van der Waals surface area contributed by atoms with Crippen LogP contribution in [0.25, 0.3) is 0 Å². The summed E-state index contributed by atoms with van der Waals surface area (Å²) in [6.45, 7) is 0.387. The Labute approximate surface area is 146 Å². The molecule has 0 saturated carbocycles. The third-order valence-electron chi connectivity index (χ3n) is 3.97. The van der Waals surface area contributed by atoms with E-state index in [2.05, 4.69) is 22.5 Å². The predicted octanol–water partition coefficient (Wildman–Crippen LogP) is 3.49. The third kappa shape index (κ3) is 3.85. The quantitative estimate of drug-likeness (QED) is 0.721. The molecule has 4 nitrogen and oxygen atoms in total. The van der Waals surface area contributed by atoms with Gasteiger partial charge in [0.1, 0.15) is 0 Å². The Morgan fingerprint density at radius 1 is 1.08 bits per heavy atom. The smallest absolute Gasteiger partial charge is 0.0929 e. The van der Waals surface area contributed by atoms with Gasteiger partial charge in [-0.15, -0.1) is 0 Å². The number of hydrogen-bond donors (Lipinski definition) is 2. The van der Waals surface area contributed by atoms with Gasteiger partial charge in [-0.3, -0.25) is 4.68 Å². The van der Waals surface area contributed by atoms with Crippen molar-refractivity contribution in [3.63, 3.8) is 0 Å². The van der Waals surface area contributed by atoms with Crippen LogP contribution < -0.4 is 5.32 Å². The number of aliphatic hydroxyl groups excluding tert-OH is 1. The standard InChI is InChI=1S/C19H20ClN3O/c1-23-13-15(11-22-23)19(14-7-3-2-4-8-14)21-12-18(24)16-9-5-6-10-17(16)20/h2-11,13,18-19,21,24H,12H2,1H3. The van der Waals surface area contributed by atoms with Crippen LogP contribution in [0.5, 0.6) is 0 Å². The van der Waals surface area contributed by atoms with Crippen LogP contribution in [0, 0.1) is 0 Å². The van der Waals surface area contributed by atoms with E-state index in [4.69, 9.17) is 11.6 Å². The molecule has 0 radical (unpaired) electrons. The molecule has 3 aromatic rings. The molecule has 24 heavy (non-hydrogen) atoms.